The Bertz CT molecular complexity index is 483. The van der Waals surface area contributed by atoms with Crippen LogP contribution in [0.1, 0.15) is 32.1 Å². The van der Waals surface area contributed by atoms with Gasteiger partial charge in [0.05, 0.1) is 0 Å². The first-order chi connectivity index (χ1) is 9.65. The molecular weight excluding hydrogens is 320 g/mol. The van der Waals surface area contributed by atoms with Crippen molar-refractivity contribution in [3.8, 4) is 0 Å². The Morgan fingerprint density at radius 1 is 1.15 bits per heavy atom. The van der Waals surface area contributed by atoms with Crippen LogP contribution >= 0.6 is 15.9 Å². The van der Waals surface area contributed by atoms with E-state index in [0.717, 1.165) is 30.4 Å². The number of carbonyl (C=O) groups excluding carboxylic acids is 2. The molecule has 0 unspecified atom stereocenters. The van der Waals surface area contributed by atoms with Crippen LogP contribution in [-0.2, 0) is 9.59 Å². The molecule has 1 fully saturated rings. The molecule has 1 aliphatic rings. The highest BCUT2D eigenvalue weighted by Gasteiger charge is 2.18. The van der Waals surface area contributed by atoms with Gasteiger partial charge in [-0.25, -0.2) is 0 Å². The molecule has 2 amide bonds. The van der Waals surface area contributed by atoms with Gasteiger partial charge in [0, 0.05) is 23.2 Å². The Labute approximate surface area is 127 Å². The Hall–Kier alpha value is -1.36. The fourth-order valence-corrected chi connectivity index (χ4v) is 2.74. The van der Waals surface area contributed by atoms with Crippen molar-refractivity contribution in [1.82, 2.24) is 4.90 Å². The van der Waals surface area contributed by atoms with Crippen molar-refractivity contribution in [2.45, 2.75) is 32.1 Å². The fraction of sp³-hybridized carbons (Fsp3) is 0.467. The van der Waals surface area contributed by atoms with Crippen molar-refractivity contribution in [2.24, 2.45) is 0 Å². The van der Waals surface area contributed by atoms with Crippen LogP contribution in [0.3, 0.4) is 0 Å². The van der Waals surface area contributed by atoms with Gasteiger partial charge in [-0.2, -0.15) is 0 Å². The van der Waals surface area contributed by atoms with E-state index in [9.17, 15) is 9.59 Å². The van der Waals surface area contributed by atoms with Gasteiger partial charge in [-0.3, -0.25) is 9.59 Å². The molecule has 1 heterocycles. The molecule has 1 aromatic carbocycles. The van der Waals surface area contributed by atoms with Crippen LogP contribution in [0.2, 0.25) is 0 Å². The van der Waals surface area contributed by atoms with Crippen LogP contribution in [0.15, 0.2) is 28.7 Å². The Kier molecular flexibility index (Phi) is 5.59. The third-order valence-electron chi connectivity index (χ3n) is 3.38. The second-order valence-corrected chi connectivity index (χ2v) is 5.95. The van der Waals surface area contributed by atoms with Crippen molar-refractivity contribution >= 4 is 33.4 Å². The molecule has 1 N–H and O–H groups in total. The van der Waals surface area contributed by atoms with Gasteiger partial charge in [0.25, 0.3) is 0 Å². The number of amides is 2. The van der Waals surface area contributed by atoms with Gasteiger partial charge < -0.3 is 10.2 Å². The summed E-state index contributed by atoms with van der Waals surface area (Å²) >= 11 is 3.35. The quantitative estimate of drug-likeness (QED) is 0.860. The van der Waals surface area contributed by atoms with E-state index >= 15 is 0 Å². The van der Waals surface area contributed by atoms with E-state index < -0.39 is 0 Å². The maximum atomic E-state index is 12.1. The SMILES string of the molecule is O=C(CC(=O)N1CCCCCC1)Nc1cccc(Br)c1. The first-order valence-corrected chi connectivity index (χ1v) is 7.77. The van der Waals surface area contributed by atoms with Gasteiger partial charge in [-0.15, -0.1) is 0 Å². The minimum absolute atomic E-state index is 0.0700. The number of hydrogen-bond donors (Lipinski definition) is 1. The third-order valence-corrected chi connectivity index (χ3v) is 3.87. The van der Waals surface area contributed by atoms with Gasteiger partial charge in [0.1, 0.15) is 6.42 Å². The van der Waals surface area contributed by atoms with Gasteiger partial charge in [-0.05, 0) is 31.0 Å². The molecule has 0 radical (unpaired) electrons. The van der Waals surface area contributed by atoms with Crippen LogP contribution in [-0.4, -0.2) is 29.8 Å². The summed E-state index contributed by atoms with van der Waals surface area (Å²) < 4.78 is 0.897. The summed E-state index contributed by atoms with van der Waals surface area (Å²) in [6.45, 7) is 1.56. The lowest BCUT2D eigenvalue weighted by Gasteiger charge is -2.19. The molecule has 1 aliphatic heterocycles. The average molecular weight is 339 g/mol. The molecule has 5 heteroatoms. The summed E-state index contributed by atoms with van der Waals surface area (Å²) in [5.41, 5.74) is 0.702. The lowest BCUT2D eigenvalue weighted by atomic mass is 10.2. The Balaban J connectivity index is 1.85. The molecule has 0 atom stereocenters. The molecule has 108 valence electrons. The summed E-state index contributed by atoms with van der Waals surface area (Å²) in [5.74, 6) is -0.322. The lowest BCUT2D eigenvalue weighted by molar-refractivity contribution is -0.134. The topological polar surface area (TPSA) is 49.4 Å². The summed E-state index contributed by atoms with van der Waals surface area (Å²) in [6.07, 6.45) is 4.35. The third kappa shape index (κ3) is 4.63. The van der Waals surface area contributed by atoms with Crippen LogP contribution in [0.5, 0.6) is 0 Å². The number of carbonyl (C=O) groups is 2. The molecular formula is C15H19BrN2O2. The van der Waals surface area contributed by atoms with Gasteiger partial charge in [0.15, 0.2) is 0 Å². The number of rotatable bonds is 3. The molecule has 0 saturated carbocycles. The van der Waals surface area contributed by atoms with Crippen molar-refractivity contribution < 1.29 is 9.59 Å². The van der Waals surface area contributed by atoms with Crippen molar-refractivity contribution in [2.75, 3.05) is 18.4 Å². The van der Waals surface area contributed by atoms with Crippen LogP contribution in [0, 0.1) is 0 Å². The maximum absolute atomic E-state index is 12.1. The van der Waals surface area contributed by atoms with E-state index in [1.165, 1.54) is 12.8 Å². The van der Waals surface area contributed by atoms with E-state index in [4.69, 9.17) is 0 Å². The zero-order valence-electron chi connectivity index (χ0n) is 11.4. The number of nitrogens with zero attached hydrogens (tertiary/aromatic N) is 1. The number of hydrogen-bond acceptors (Lipinski definition) is 2. The van der Waals surface area contributed by atoms with E-state index in [2.05, 4.69) is 21.2 Å². The zero-order chi connectivity index (χ0) is 14.4. The highest BCUT2D eigenvalue weighted by molar-refractivity contribution is 9.10. The maximum Gasteiger partial charge on any atom is 0.233 e. The fourth-order valence-electron chi connectivity index (χ4n) is 2.34. The second-order valence-electron chi connectivity index (χ2n) is 5.03. The van der Waals surface area contributed by atoms with Crippen molar-refractivity contribution in [3.05, 3.63) is 28.7 Å². The van der Waals surface area contributed by atoms with Gasteiger partial charge in [0.2, 0.25) is 11.8 Å². The molecule has 1 aromatic rings. The normalized spacial score (nSPS) is 15.6. The largest absolute Gasteiger partial charge is 0.342 e. The van der Waals surface area contributed by atoms with E-state index in [1.54, 1.807) is 6.07 Å². The Morgan fingerprint density at radius 2 is 1.85 bits per heavy atom. The van der Waals surface area contributed by atoms with E-state index in [1.807, 2.05) is 23.1 Å². The molecule has 2 rings (SSSR count). The van der Waals surface area contributed by atoms with Crippen LogP contribution in [0.4, 0.5) is 5.69 Å². The number of nitrogens with one attached hydrogen (secondary N) is 1. The lowest BCUT2D eigenvalue weighted by Crippen LogP contribution is -2.34. The van der Waals surface area contributed by atoms with E-state index in [-0.39, 0.29) is 18.2 Å². The van der Waals surface area contributed by atoms with Crippen LogP contribution in [0.25, 0.3) is 0 Å². The summed E-state index contributed by atoms with van der Waals surface area (Å²) in [7, 11) is 0. The highest BCUT2D eigenvalue weighted by Crippen LogP contribution is 2.16. The molecule has 20 heavy (non-hydrogen) atoms. The number of anilines is 1. The average Bonchev–Trinajstić information content (AvgIpc) is 2.67. The van der Waals surface area contributed by atoms with Gasteiger partial charge in [-0.1, -0.05) is 34.8 Å². The number of halogens is 1. The van der Waals surface area contributed by atoms with Crippen molar-refractivity contribution in [3.63, 3.8) is 0 Å². The minimum Gasteiger partial charge on any atom is -0.342 e. The molecule has 0 bridgehead atoms. The van der Waals surface area contributed by atoms with Crippen molar-refractivity contribution in [1.29, 1.82) is 0 Å². The molecule has 4 nitrogen and oxygen atoms in total. The predicted octanol–water partition coefficient (Wildman–Crippen LogP) is 3.18. The molecule has 0 spiro atoms. The number of likely N-dealkylation sites (tertiary alicyclic amines) is 1. The predicted molar refractivity (Wildman–Crippen MR) is 82.4 cm³/mol. The van der Waals surface area contributed by atoms with Gasteiger partial charge >= 0.3 is 0 Å². The number of benzene rings is 1. The molecule has 0 aliphatic carbocycles. The first kappa shape index (κ1) is 15.0. The van der Waals surface area contributed by atoms with Crippen LogP contribution < -0.4 is 5.32 Å². The minimum atomic E-state index is -0.252. The summed E-state index contributed by atoms with van der Waals surface area (Å²) in [5, 5.41) is 2.75. The molecule has 1 saturated heterocycles. The molecule has 0 aromatic heterocycles. The second kappa shape index (κ2) is 7.43. The zero-order valence-corrected chi connectivity index (χ0v) is 13.0. The van der Waals surface area contributed by atoms with E-state index in [0.29, 0.717) is 5.69 Å². The monoisotopic (exact) mass is 338 g/mol. The highest BCUT2D eigenvalue weighted by atomic mass is 79.9. The smallest absolute Gasteiger partial charge is 0.233 e. The Morgan fingerprint density at radius 3 is 2.50 bits per heavy atom. The standard InChI is InChI=1S/C15H19BrN2O2/c16-12-6-5-7-13(10-12)17-14(19)11-15(20)18-8-3-1-2-4-9-18/h5-7,10H,1-4,8-9,11H2,(H,17,19). The summed E-state index contributed by atoms with van der Waals surface area (Å²) in [4.78, 5) is 25.8. The first-order valence-electron chi connectivity index (χ1n) is 6.98. The summed E-state index contributed by atoms with van der Waals surface area (Å²) in [6, 6.07) is 7.35.